The maximum absolute atomic E-state index is 8.65. The molecule has 1 heterocycles. The molecule has 0 aliphatic rings. The highest BCUT2D eigenvalue weighted by molar-refractivity contribution is 7.05. The minimum atomic E-state index is 0.0565. The van der Waals surface area contributed by atoms with Gasteiger partial charge in [0.2, 0.25) is 0 Å². The summed E-state index contributed by atoms with van der Waals surface area (Å²) < 4.78 is 3.99. The smallest absolute Gasteiger partial charge is 0.0854 e. The number of aliphatic hydroxyl groups is 1. The van der Waals surface area contributed by atoms with Crippen LogP contribution in [0.2, 0.25) is 0 Å². The van der Waals surface area contributed by atoms with Gasteiger partial charge in [0.1, 0.15) is 0 Å². The molecule has 2 N–H and O–H groups in total. The molecule has 0 amide bonds. The molecule has 86 valence electrons. The minimum Gasteiger partial charge on any atom is -0.396 e. The van der Waals surface area contributed by atoms with E-state index in [9.17, 15) is 0 Å². The van der Waals surface area contributed by atoms with Gasteiger partial charge in [-0.05, 0) is 24.5 Å². The molecule has 0 radical (unpaired) electrons. The van der Waals surface area contributed by atoms with Crippen LogP contribution in [0.1, 0.15) is 37.8 Å². The van der Waals surface area contributed by atoms with Crippen LogP contribution in [0.3, 0.4) is 0 Å². The fourth-order valence-corrected chi connectivity index (χ4v) is 2.12. The van der Waals surface area contributed by atoms with E-state index in [0.717, 1.165) is 25.2 Å². The summed E-state index contributed by atoms with van der Waals surface area (Å²) in [5.41, 5.74) is 1.13. The minimum absolute atomic E-state index is 0.0565. The summed E-state index contributed by atoms with van der Waals surface area (Å²) in [4.78, 5) is 1.19. The summed E-state index contributed by atoms with van der Waals surface area (Å²) >= 11 is 1.45. The summed E-state index contributed by atoms with van der Waals surface area (Å²) in [5.74, 6) is 0. The molecule has 5 heteroatoms. The zero-order valence-corrected chi connectivity index (χ0v) is 10.4. The molecule has 0 bridgehead atoms. The summed E-state index contributed by atoms with van der Waals surface area (Å²) in [6.45, 7) is 8.28. The van der Waals surface area contributed by atoms with Gasteiger partial charge in [-0.15, -0.1) is 5.10 Å². The number of nitrogens with one attached hydrogen (secondary N) is 1. The molecule has 4 nitrogen and oxygen atoms in total. The molecule has 0 aliphatic heterocycles. The standard InChI is InChI=1S/C10H19N3OS/c1-10(2,3)9-8(15-13-12-9)7-11-5-4-6-14/h11,14H,4-7H2,1-3H3. The molecular formula is C10H19N3OS. The lowest BCUT2D eigenvalue weighted by Gasteiger charge is -2.16. The lowest BCUT2D eigenvalue weighted by Crippen LogP contribution is -2.19. The van der Waals surface area contributed by atoms with Crippen molar-refractivity contribution >= 4 is 11.5 Å². The van der Waals surface area contributed by atoms with Crippen molar-refractivity contribution in [3.63, 3.8) is 0 Å². The highest BCUT2D eigenvalue weighted by Gasteiger charge is 2.21. The topological polar surface area (TPSA) is 58.0 Å². The van der Waals surface area contributed by atoms with Crippen molar-refractivity contribution in [3.8, 4) is 0 Å². The Kier molecular flexibility index (Phi) is 4.63. The number of nitrogens with zero attached hydrogens (tertiary/aromatic N) is 2. The average Bonchev–Trinajstić information content (AvgIpc) is 2.59. The van der Waals surface area contributed by atoms with Crippen molar-refractivity contribution in [1.29, 1.82) is 0 Å². The lowest BCUT2D eigenvalue weighted by molar-refractivity contribution is 0.286. The van der Waals surface area contributed by atoms with Crippen LogP contribution in [0.5, 0.6) is 0 Å². The molecule has 1 aromatic heterocycles. The fourth-order valence-electron chi connectivity index (χ4n) is 1.30. The van der Waals surface area contributed by atoms with Crippen LogP contribution in [0.15, 0.2) is 0 Å². The van der Waals surface area contributed by atoms with Gasteiger partial charge in [0.25, 0.3) is 0 Å². The van der Waals surface area contributed by atoms with Crippen LogP contribution in [0.4, 0.5) is 0 Å². The van der Waals surface area contributed by atoms with Crippen molar-refractivity contribution in [2.24, 2.45) is 0 Å². The van der Waals surface area contributed by atoms with Gasteiger partial charge in [0, 0.05) is 18.6 Å². The first-order chi connectivity index (χ1) is 7.05. The SMILES string of the molecule is CC(C)(C)c1nnsc1CNCCCO. The number of rotatable bonds is 5. The Hall–Kier alpha value is -0.520. The average molecular weight is 229 g/mol. The van der Waals surface area contributed by atoms with E-state index in [4.69, 9.17) is 5.11 Å². The van der Waals surface area contributed by atoms with Gasteiger partial charge < -0.3 is 10.4 Å². The second-order valence-corrected chi connectivity index (χ2v) is 5.39. The van der Waals surface area contributed by atoms with Crippen LogP contribution in [-0.2, 0) is 12.0 Å². The molecule has 0 saturated carbocycles. The molecule has 0 saturated heterocycles. The normalized spacial score (nSPS) is 12.0. The van der Waals surface area contributed by atoms with E-state index in [1.807, 2.05) is 0 Å². The quantitative estimate of drug-likeness (QED) is 0.747. The largest absolute Gasteiger partial charge is 0.396 e. The van der Waals surface area contributed by atoms with E-state index in [1.54, 1.807) is 0 Å². The first-order valence-electron chi connectivity index (χ1n) is 5.19. The number of aliphatic hydroxyl groups excluding tert-OH is 1. The first kappa shape index (κ1) is 12.5. The van der Waals surface area contributed by atoms with Crippen molar-refractivity contribution < 1.29 is 5.11 Å². The highest BCUT2D eigenvalue weighted by atomic mass is 32.1. The summed E-state index contributed by atoms with van der Waals surface area (Å²) in [5, 5.41) is 16.1. The van der Waals surface area contributed by atoms with Crippen molar-refractivity contribution in [1.82, 2.24) is 14.9 Å². The van der Waals surface area contributed by atoms with E-state index in [2.05, 4.69) is 35.7 Å². The third-order valence-electron chi connectivity index (χ3n) is 2.06. The van der Waals surface area contributed by atoms with Gasteiger partial charge >= 0.3 is 0 Å². The molecule has 1 aromatic rings. The maximum atomic E-state index is 8.65. The molecule has 0 unspecified atom stereocenters. The van der Waals surface area contributed by atoms with Gasteiger partial charge in [-0.2, -0.15) is 0 Å². The summed E-state index contributed by atoms with van der Waals surface area (Å²) in [7, 11) is 0. The van der Waals surface area contributed by atoms with E-state index >= 15 is 0 Å². The Morgan fingerprint density at radius 1 is 1.40 bits per heavy atom. The van der Waals surface area contributed by atoms with Crippen molar-refractivity contribution in [3.05, 3.63) is 10.6 Å². The van der Waals surface area contributed by atoms with Gasteiger partial charge in [0.05, 0.1) is 10.6 Å². The van der Waals surface area contributed by atoms with Gasteiger partial charge in [-0.3, -0.25) is 0 Å². The molecular weight excluding hydrogens is 210 g/mol. The maximum Gasteiger partial charge on any atom is 0.0854 e. The Labute approximate surface area is 94.9 Å². The molecule has 15 heavy (non-hydrogen) atoms. The van der Waals surface area contributed by atoms with E-state index in [0.29, 0.717) is 0 Å². The van der Waals surface area contributed by atoms with Crippen LogP contribution in [0.25, 0.3) is 0 Å². The predicted molar refractivity (Wildman–Crippen MR) is 62.0 cm³/mol. The summed E-state index contributed by atoms with van der Waals surface area (Å²) in [6.07, 6.45) is 0.789. The molecule has 0 atom stereocenters. The number of hydrogen-bond donors (Lipinski definition) is 2. The molecule has 1 rings (SSSR count). The Bertz CT molecular complexity index is 293. The first-order valence-corrected chi connectivity index (χ1v) is 5.96. The Morgan fingerprint density at radius 3 is 2.73 bits per heavy atom. The Balaban J connectivity index is 2.51. The van der Waals surface area contributed by atoms with Crippen molar-refractivity contribution in [2.75, 3.05) is 13.2 Å². The monoisotopic (exact) mass is 229 g/mol. The second kappa shape index (κ2) is 5.53. The van der Waals surface area contributed by atoms with Crippen LogP contribution in [-0.4, -0.2) is 27.8 Å². The van der Waals surface area contributed by atoms with E-state index in [1.165, 1.54) is 16.4 Å². The zero-order chi connectivity index (χ0) is 11.3. The third kappa shape index (κ3) is 3.85. The van der Waals surface area contributed by atoms with E-state index in [-0.39, 0.29) is 12.0 Å². The Morgan fingerprint density at radius 2 is 2.13 bits per heavy atom. The molecule has 0 aliphatic carbocycles. The number of aromatic nitrogens is 2. The lowest BCUT2D eigenvalue weighted by atomic mass is 9.91. The molecule has 0 aromatic carbocycles. The molecule has 0 fully saturated rings. The van der Waals surface area contributed by atoms with Crippen LogP contribution in [0, 0.1) is 0 Å². The van der Waals surface area contributed by atoms with E-state index < -0.39 is 0 Å². The van der Waals surface area contributed by atoms with Crippen LogP contribution >= 0.6 is 11.5 Å². The zero-order valence-electron chi connectivity index (χ0n) is 9.58. The van der Waals surface area contributed by atoms with Crippen LogP contribution < -0.4 is 5.32 Å². The second-order valence-electron chi connectivity index (χ2n) is 4.55. The van der Waals surface area contributed by atoms with Gasteiger partial charge in [0.15, 0.2) is 0 Å². The van der Waals surface area contributed by atoms with Gasteiger partial charge in [-0.25, -0.2) is 0 Å². The van der Waals surface area contributed by atoms with Gasteiger partial charge in [-0.1, -0.05) is 25.3 Å². The predicted octanol–water partition coefficient (Wildman–Crippen LogP) is 1.31. The fraction of sp³-hybridized carbons (Fsp3) is 0.800. The third-order valence-corrected chi connectivity index (χ3v) is 2.78. The highest BCUT2D eigenvalue weighted by Crippen LogP contribution is 2.25. The summed E-state index contributed by atoms with van der Waals surface area (Å²) in [6, 6.07) is 0. The van der Waals surface area contributed by atoms with Crippen molar-refractivity contribution in [2.45, 2.75) is 39.2 Å². The number of hydrogen-bond acceptors (Lipinski definition) is 5. The molecule has 0 spiro atoms.